The fraction of sp³-hybridized carbons (Fsp3) is 1.00. The van der Waals surface area contributed by atoms with Gasteiger partial charge in [0, 0.05) is 0 Å². The van der Waals surface area contributed by atoms with Crippen molar-refractivity contribution in [2.75, 3.05) is 13.1 Å². The van der Waals surface area contributed by atoms with E-state index >= 15 is 0 Å². The third kappa shape index (κ3) is 1.42. The second-order valence-electron chi connectivity index (χ2n) is 3.91. The molecule has 1 heterocycles. The van der Waals surface area contributed by atoms with E-state index in [1.54, 1.807) is 0 Å². The molecule has 0 aromatic rings. The maximum Gasteiger partial charge on any atom is 0.0572 e. The lowest BCUT2D eigenvalue weighted by molar-refractivity contribution is 0.0167. The Morgan fingerprint density at radius 1 is 1.18 bits per heavy atom. The standard InChI is InChI=1S/C9H17NO/c11-9-3-1-2-7-6-10-5-4-8(7)9/h7-11H,1-6H2/t7-,8+,9-/m1/s1. The van der Waals surface area contributed by atoms with Crippen LogP contribution in [0.4, 0.5) is 0 Å². The van der Waals surface area contributed by atoms with Crippen LogP contribution in [-0.2, 0) is 0 Å². The van der Waals surface area contributed by atoms with Crippen LogP contribution in [0.3, 0.4) is 0 Å². The maximum atomic E-state index is 9.68. The van der Waals surface area contributed by atoms with Crippen LogP contribution in [0, 0.1) is 11.8 Å². The van der Waals surface area contributed by atoms with E-state index in [4.69, 9.17) is 0 Å². The van der Waals surface area contributed by atoms with Crippen molar-refractivity contribution < 1.29 is 5.11 Å². The quantitative estimate of drug-likeness (QED) is 0.541. The van der Waals surface area contributed by atoms with Gasteiger partial charge >= 0.3 is 0 Å². The van der Waals surface area contributed by atoms with Crippen molar-refractivity contribution in [2.45, 2.75) is 31.8 Å². The molecule has 3 atom stereocenters. The predicted molar refractivity (Wildman–Crippen MR) is 44.3 cm³/mol. The van der Waals surface area contributed by atoms with Crippen LogP contribution in [-0.4, -0.2) is 24.3 Å². The van der Waals surface area contributed by atoms with E-state index in [9.17, 15) is 5.11 Å². The smallest absolute Gasteiger partial charge is 0.0572 e. The van der Waals surface area contributed by atoms with Gasteiger partial charge in [-0.3, -0.25) is 0 Å². The van der Waals surface area contributed by atoms with Crippen molar-refractivity contribution in [3.63, 3.8) is 0 Å². The predicted octanol–water partition coefficient (Wildman–Crippen LogP) is 0.757. The summed E-state index contributed by atoms with van der Waals surface area (Å²) in [5.74, 6) is 1.39. The third-order valence-electron chi connectivity index (χ3n) is 3.24. The Balaban J connectivity index is 1.99. The van der Waals surface area contributed by atoms with Gasteiger partial charge in [-0.2, -0.15) is 0 Å². The number of aliphatic hydroxyl groups excluding tert-OH is 1. The highest BCUT2D eigenvalue weighted by molar-refractivity contribution is 4.86. The van der Waals surface area contributed by atoms with E-state index in [1.807, 2.05) is 0 Å². The topological polar surface area (TPSA) is 32.3 Å². The van der Waals surface area contributed by atoms with Gasteiger partial charge in [0.05, 0.1) is 6.10 Å². The molecule has 2 fully saturated rings. The molecule has 0 unspecified atom stereocenters. The van der Waals surface area contributed by atoms with Gasteiger partial charge in [0.2, 0.25) is 0 Å². The molecule has 1 aliphatic carbocycles. The zero-order valence-corrected chi connectivity index (χ0v) is 6.92. The molecular weight excluding hydrogens is 138 g/mol. The summed E-state index contributed by atoms with van der Waals surface area (Å²) in [6.45, 7) is 2.25. The second-order valence-corrected chi connectivity index (χ2v) is 3.91. The fourth-order valence-electron chi connectivity index (χ4n) is 2.57. The molecule has 1 saturated heterocycles. The Kier molecular flexibility index (Phi) is 2.14. The molecule has 0 aromatic heterocycles. The number of rotatable bonds is 0. The van der Waals surface area contributed by atoms with Gasteiger partial charge < -0.3 is 10.4 Å². The molecule has 11 heavy (non-hydrogen) atoms. The molecule has 1 saturated carbocycles. The summed E-state index contributed by atoms with van der Waals surface area (Å²) in [6, 6.07) is 0. The Bertz CT molecular complexity index is 136. The molecule has 2 nitrogen and oxygen atoms in total. The molecule has 64 valence electrons. The lowest BCUT2D eigenvalue weighted by atomic mass is 9.74. The lowest BCUT2D eigenvalue weighted by Crippen LogP contribution is -2.44. The normalized spacial score (nSPS) is 45.0. The van der Waals surface area contributed by atoms with Crippen molar-refractivity contribution in [3.8, 4) is 0 Å². The van der Waals surface area contributed by atoms with Crippen molar-refractivity contribution >= 4 is 0 Å². The summed E-state index contributed by atoms with van der Waals surface area (Å²) in [4.78, 5) is 0. The molecule has 2 N–H and O–H groups in total. The second kappa shape index (κ2) is 3.11. The number of nitrogens with one attached hydrogen (secondary N) is 1. The van der Waals surface area contributed by atoms with Gasteiger partial charge in [-0.05, 0) is 44.2 Å². The summed E-state index contributed by atoms with van der Waals surface area (Å²) in [7, 11) is 0. The molecule has 0 aromatic carbocycles. The van der Waals surface area contributed by atoms with Gasteiger partial charge in [0.1, 0.15) is 0 Å². The van der Waals surface area contributed by atoms with E-state index in [2.05, 4.69) is 5.32 Å². The lowest BCUT2D eigenvalue weighted by Gasteiger charge is -2.39. The van der Waals surface area contributed by atoms with Crippen LogP contribution in [0.2, 0.25) is 0 Å². The minimum atomic E-state index is 0.0100. The zero-order valence-electron chi connectivity index (χ0n) is 6.92. The average molecular weight is 155 g/mol. The highest BCUT2D eigenvalue weighted by Crippen LogP contribution is 2.33. The van der Waals surface area contributed by atoms with E-state index in [-0.39, 0.29) is 6.10 Å². The molecule has 0 bridgehead atoms. The highest BCUT2D eigenvalue weighted by Gasteiger charge is 2.33. The van der Waals surface area contributed by atoms with Gasteiger partial charge in [-0.25, -0.2) is 0 Å². The summed E-state index contributed by atoms with van der Waals surface area (Å²) < 4.78 is 0. The Morgan fingerprint density at radius 2 is 2.09 bits per heavy atom. The van der Waals surface area contributed by atoms with E-state index in [0.29, 0.717) is 5.92 Å². The van der Waals surface area contributed by atoms with Gasteiger partial charge in [-0.15, -0.1) is 0 Å². The molecule has 2 heteroatoms. The molecule has 1 aliphatic heterocycles. The Labute approximate surface area is 68.0 Å². The van der Waals surface area contributed by atoms with Crippen LogP contribution in [0.5, 0.6) is 0 Å². The largest absolute Gasteiger partial charge is 0.393 e. The van der Waals surface area contributed by atoms with Crippen molar-refractivity contribution in [3.05, 3.63) is 0 Å². The van der Waals surface area contributed by atoms with Crippen molar-refractivity contribution in [2.24, 2.45) is 11.8 Å². The van der Waals surface area contributed by atoms with E-state index in [0.717, 1.165) is 25.4 Å². The number of hydrogen-bond donors (Lipinski definition) is 2. The molecule has 0 spiro atoms. The average Bonchev–Trinajstić information content (AvgIpc) is 2.06. The van der Waals surface area contributed by atoms with Crippen LogP contribution in [0.25, 0.3) is 0 Å². The van der Waals surface area contributed by atoms with Crippen LogP contribution >= 0.6 is 0 Å². The van der Waals surface area contributed by atoms with Crippen LogP contribution in [0.15, 0.2) is 0 Å². The molecular formula is C9H17NO. The van der Waals surface area contributed by atoms with Gasteiger partial charge in [-0.1, -0.05) is 6.42 Å². The van der Waals surface area contributed by atoms with E-state index in [1.165, 1.54) is 19.3 Å². The summed E-state index contributed by atoms with van der Waals surface area (Å²) in [6.07, 6.45) is 4.79. The minimum Gasteiger partial charge on any atom is -0.393 e. The zero-order chi connectivity index (χ0) is 7.68. The SMILES string of the molecule is O[C@@H]1CCC[C@@H]2CNCC[C@@H]21. The first-order valence-electron chi connectivity index (χ1n) is 4.76. The molecule has 2 aliphatic rings. The Hall–Kier alpha value is -0.0800. The number of hydrogen-bond acceptors (Lipinski definition) is 2. The van der Waals surface area contributed by atoms with Gasteiger partial charge in [0.15, 0.2) is 0 Å². The summed E-state index contributed by atoms with van der Waals surface area (Å²) in [5.41, 5.74) is 0. The minimum absolute atomic E-state index is 0.0100. The fourth-order valence-corrected chi connectivity index (χ4v) is 2.57. The van der Waals surface area contributed by atoms with Crippen LogP contribution in [0.1, 0.15) is 25.7 Å². The first-order chi connectivity index (χ1) is 5.38. The van der Waals surface area contributed by atoms with Crippen molar-refractivity contribution in [1.29, 1.82) is 0 Å². The summed E-state index contributed by atoms with van der Waals surface area (Å²) >= 11 is 0. The summed E-state index contributed by atoms with van der Waals surface area (Å²) in [5, 5.41) is 13.1. The number of piperidine rings is 1. The third-order valence-corrected chi connectivity index (χ3v) is 3.24. The Morgan fingerprint density at radius 3 is 2.91 bits per heavy atom. The first-order valence-corrected chi connectivity index (χ1v) is 4.76. The van der Waals surface area contributed by atoms with E-state index < -0.39 is 0 Å². The molecule has 2 rings (SSSR count). The first kappa shape index (κ1) is 7.56. The number of aliphatic hydroxyl groups is 1. The van der Waals surface area contributed by atoms with Crippen LogP contribution < -0.4 is 5.32 Å². The van der Waals surface area contributed by atoms with Crippen molar-refractivity contribution in [1.82, 2.24) is 5.32 Å². The maximum absolute atomic E-state index is 9.68. The highest BCUT2D eigenvalue weighted by atomic mass is 16.3. The van der Waals surface area contributed by atoms with Gasteiger partial charge in [0.25, 0.3) is 0 Å². The monoisotopic (exact) mass is 155 g/mol. The molecule has 0 radical (unpaired) electrons. The molecule has 0 amide bonds. The number of fused-ring (bicyclic) bond motifs is 1.